The van der Waals surface area contributed by atoms with Crippen molar-refractivity contribution in [2.45, 2.75) is 26.9 Å². The van der Waals surface area contributed by atoms with Crippen LogP contribution in [0.3, 0.4) is 0 Å². The Kier molecular flexibility index (Phi) is 7.05. The number of esters is 1. The molecule has 1 aliphatic rings. The number of hydrogen-bond acceptors (Lipinski definition) is 5. The molecule has 1 N–H and O–H groups in total. The van der Waals surface area contributed by atoms with Gasteiger partial charge in [0.25, 0.3) is 0 Å². The number of carbonyl (C=O) groups excluding carboxylic acids is 1. The molecule has 6 nitrogen and oxygen atoms in total. The van der Waals surface area contributed by atoms with Crippen molar-refractivity contribution < 1.29 is 14.3 Å². The van der Waals surface area contributed by atoms with Gasteiger partial charge in [0, 0.05) is 30.2 Å². The van der Waals surface area contributed by atoms with Gasteiger partial charge >= 0.3 is 5.97 Å². The zero-order valence-electron chi connectivity index (χ0n) is 17.9. The minimum Gasteiger partial charge on any atom is -0.477 e. The first-order valence-corrected chi connectivity index (χ1v) is 10.7. The number of rotatable bonds is 7. The van der Waals surface area contributed by atoms with Crippen LogP contribution in [0, 0.1) is 0 Å². The number of nitrogens with one attached hydrogen (secondary N) is 1. The van der Waals surface area contributed by atoms with E-state index in [1.807, 2.05) is 52.2 Å². The first-order chi connectivity index (χ1) is 14.4. The second-order valence-corrected chi connectivity index (χ2v) is 8.13. The Morgan fingerprint density at radius 2 is 2.17 bits per heavy atom. The molecular weight excluding hydrogens is 446 g/mol. The Hall–Kier alpha value is -2.51. The highest BCUT2D eigenvalue weighted by atomic mass is 79.9. The highest BCUT2D eigenvalue weighted by Gasteiger charge is 2.29. The van der Waals surface area contributed by atoms with Gasteiger partial charge in [-0.2, -0.15) is 0 Å². The average molecular weight is 474 g/mol. The van der Waals surface area contributed by atoms with Crippen LogP contribution in [0.15, 0.2) is 47.1 Å². The summed E-state index contributed by atoms with van der Waals surface area (Å²) in [5.41, 5.74) is 4.42. The molecule has 7 heteroatoms. The molecule has 0 radical (unpaired) electrons. The molecule has 0 atom stereocenters. The lowest BCUT2D eigenvalue weighted by Crippen LogP contribution is -2.28. The second-order valence-electron chi connectivity index (χ2n) is 7.27. The Morgan fingerprint density at radius 3 is 2.87 bits per heavy atom. The summed E-state index contributed by atoms with van der Waals surface area (Å²) in [6.07, 6.45) is 7.48. The zero-order valence-corrected chi connectivity index (χ0v) is 19.5. The van der Waals surface area contributed by atoms with E-state index in [-0.39, 0.29) is 5.97 Å². The molecule has 0 amide bonds. The smallest absolute Gasteiger partial charge is 0.340 e. The quantitative estimate of drug-likeness (QED) is 0.468. The summed E-state index contributed by atoms with van der Waals surface area (Å²) in [7, 11) is 3.97. The Labute approximate surface area is 185 Å². The SMILES string of the molecule is C=C/C=C\C=C(/C)NCc1c(C(=O)OCC)c2c3c(c(Br)cc2n1C)OCN(C)C3. The van der Waals surface area contributed by atoms with Gasteiger partial charge in [-0.3, -0.25) is 4.90 Å². The third kappa shape index (κ3) is 4.32. The molecule has 0 saturated carbocycles. The normalized spacial score (nSPS) is 14.6. The number of benzene rings is 1. The molecule has 0 fully saturated rings. The van der Waals surface area contributed by atoms with Crippen LogP contribution in [0.1, 0.15) is 35.5 Å². The van der Waals surface area contributed by atoms with E-state index in [1.54, 1.807) is 6.08 Å². The predicted molar refractivity (Wildman–Crippen MR) is 123 cm³/mol. The zero-order chi connectivity index (χ0) is 21.8. The van der Waals surface area contributed by atoms with Crippen molar-refractivity contribution in [1.82, 2.24) is 14.8 Å². The van der Waals surface area contributed by atoms with Gasteiger partial charge in [0.1, 0.15) is 12.5 Å². The number of fused-ring (bicyclic) bond motifs is 3. The summed E-state index contributed by atoms with van der Waals surface area (Å²) >= 11 is 3.64. The molecule has 1 aliphatic heterocycles. The van der Waals surface area contributed by atoms with Crippen molar-refractivity contribution in [2.24, 2.45) is 7.05 Å². The molecule has 160 valence electrons. The van der Waals surface area contributed by atoms with Gasteiger partial charge in [0.05, 0.1) is 34.4 Å². The van der Waals surface area contributed by atoms with Gasteiger partial charge in [-0.15, -0.1) is 0 Å². The van der Waals surface area contributed by atoms with Crippen LogP contribution >= 0.6 is 15.9 Å². The minimum absolute atomic E-state index is 0.314. The molecule has 3 rings (SSSR count). The van der Waals surface area contributed by atoms with E-state index in [2.05, 4.69) is 37.3 Å². The fourth-order valence-corrected chi connectivity index (χ4v) is 4.23. The molecular formula is C23H28BrN3O3. The predicted octanol–water partition coefficient (Wildman–Crippen LogP) is 4.63. The molecule has 1 aromatic carbocycles. The second kappa shape index (κ2) is 9.53. The number of ether oxygens (including phenoxy) is 2. The standard InChI is InChI=1S/C23H28BrN3O3/c1-6-8-9-10-15(3)25-12-19-21(23(28)29-7-2)20-16-13-26(4)14-30-22(16)17(24)11-18(20)27(19)5/h6,8-11,25H,1,7,12-14H2,2-5H3/b9-8-,15-10+. The van der Waals surface area contributed by atoms with Gasteiger partial charge in [-0.05, 0) is 49.0 Å². The first-order valence-electron chi connectivity index (χ1n) is 9.89. The van der Waals surface area contributed by atoms with E-state index in [9.17, 15) is 4.79 Å². The van der Waals surface area contributed by atoms with Crippen molar-refractivity contribution in [3.63, 3.8) is 0 Å². The van der Waals surface area contributed by atoms with Crippen molar-refractivity contribution in [1.29, 1.82) is 0 Å². The molecule has 0 saturated heterocycles. The fraction of sp³-hybridized carbons (Fsp3) is 0.348. The van der Waals surface area contributed by atoms with Crippen LogP contribution in [0.25, 0.3) is 10.9 Å². The largest absolute Gasteiger partial charge is 0.477 e. The lowest BCUT2D eigenvalue weighted by atomic mass is 10.0. The topological polar surface area (TPSA) is 55.7 Å². The molecule has 2 heterocycles. The molecule has 0 unspecified atom stereocenters. The van der Waals surface area contributed by atoms with Crippen LogP contribution < -0.4 is 10.1 Å². The van der Waals surface area contributed by atoms with Gasteiger partial charge in [0.15, 0.2) is 0 Å². The van der Waals surface area contributed by atoms with Crippen LogP contribution in [0.5, 0.6) is 5.75 Å². The lowest BCUT2D eigenvalue weighted by molar-refractivity contribution is 0.0526. The van der Waals surface area contributed by atoms with E-state index in [0.717, 1.165) is 38.1 Å². The van der Waals surface area contributed by atoms with Gasteiger partial charge < -0.3 is 19.4 Å². The van der Waals surface area contributed by atoms with Crippen molar-refractivity contribution in [3.8, 4) is 5.75 Å². The summed E-state index contributed by atoms with van der Waals surface area (Å²) in [6, 6.07) is 2.02. The van der Waals surface area contributed by atoms with Crippen LogP contribution in [0.2, 0.25) is 0 Å². The number of hydrogen-bond donors (Lipinski definition) is 1. The van der Waals surface area contributed by atoms with Crippen molar-refractivity contribution in [2.75, 3.05) is 20.4 Å². The number of aryl methyl sites for hydroxylation is 1. The summed E-state index contributed by atoms with van der Waals surface area (Å²) < 4.78 is 14.3. The van der Waals surface area contributed by atoms with Gasteiger partial charge in [-0.25, -0.2) is 4.79 Å². The molecule has 0 aliphatic carbocycles. The van der Waals surface area contributed by atoms with E-state index < -0.39 is 0 Å². The molecule has 30 heavy (non-hydrogen) atoms. The Bertz CT molecular complexity index is 1040. The number of carbonyl (C=O) groups is 1. The number of allylic oxidation sites excluding steroid dienone is 5. The summed E-state index contributed by atoms with van der Waals surface area (Å²) in [5.74, 6) is 0.479. The van der Waals surface area contributed by atoms with Gasteiger partial charge in [0.2, 0.25) is 0 Å². The molecule has 1 aromatic heterocycles. The van der Waals surface area contributed by atoms with Crippen molar-refractivity contribution in [3.05, 3.63) is 63.9 Å². The maximum absolute atomic E-state index is 13.0. The average Bonchev–Trinajstić information content (AvgIpc) is 2.99. The molecule has 0 spiro atoms. The first kappa shape index (κ1) is 22.2. The van der Waals surface area contributed by atoms with E-state index in [1.165, 1.54) is 0 Å². The van der Waals surface area contributed by atoms with Crippen molar-refractivity contribution >= 4 is 32.8 Å². The fourth-order valence-electron chi connectivity index (χ4n) is 3.66. The third-order valence-electron chi connectivity index (χ3n) is 5.08. The highest BCUT2D eigenvalue weighted by molar-refractivity contribution is 9.10. The maximum atomic E-state index is 13.0. The highest BCUT2D eigenvalue weighted by Crippen LogP contribution is 2.42. The number of nitrogens with zero attached hydrogens (tertiary/aromatic N) is 2. The van der Waals surface area contributed by atoms with E-state index >= 15 is 0 Å². The van der Waals surface area contributed by atoms with Crippen LogP contribution in [0.4, 0.5) is 0 Å². The van der Waals surface area contributed by atoms with Crippen LogP contribution in [-0.4, -0.2) is 35.8 Å². The van der Waals surface area contributed by atoms with E-state index in [4.69, 9.17) is 9.47 Å². The molecule has 2 aromatic rings. The Morgan fingerprint density at radius 1 is 1.40 bits per heavy atom. The summed E-state index contributed by atoms with van der Waals surface area (Å²) in [4.78, 5) is 15.1. The van der Waals surface area contributed by atoms with E-state index in [0.29, 0.717) is 32.0 Å². The van der Waals surface area contributed by atoms with Gasteiger partial charge in [-0.1, -0.05) is 24.8 Å². The lowest BCUT2D eigenvalue weighted by Gasteiger charge is -2.27. The minimum atomic E-state index is -0.314. The number of aromatic nitrogens is 1. The monoisotopic (exact) mass is 473 g/mol. The maximum Gasteiger partial charge on any atom is 0.340 e. The summed E-state index contributed by atoms with van der Waals surface area (Å²) in [5, 5.41) is 4.29. The van der Waals surface area contributed by atoms with Crippen LogP contribution in [-0.2, 0) is 24.9 Å². The number of halogens is 1. The molecule has 0 bridgehead atoms. The third-order valence-corrected chi connectivity index (χ3v) is 5.67. The Balaban J connectivity index is 2.15. The summed E-state index contributed by atoms with van der Waals surface area (Å²) in [6.45, 7) is 9.50.